The number of carbonyl (C=O) groups is 1. The van der Waals surface area contributed by atoms with Crippen LogP contribution in [0.3, 0.4) is 0 Å². The third kappa shape index (κ3) is 4.10. The molecular formula is C12H24N2O2. The van der Waals surface area contributed by atoms with Crippen LogP contribution in [0.2, 0.25) is 0 Å². The molecule has 4 nitrogen and oxygen atoms in total. The van der Waals surface area contributed by atoms with Crippen molar-refractivity contribution in [3.63, 3.8) is 0 Å². The summed E-state index contributed by atoms with van der Waals surface area (Å²) >= 11 is 0. The van der Waals surface area contributed by atoms with E-state index in [9.17, 15) is 9.90 Å². The summed E-state index contributed by atoms with van der Waals surface area (Å²) < 4.78 is 0. The van der Waals surface area contributed by atoms with Crippen molar-refractivity contribution in [1.29, 1.82) is 0 Å². The zero-order valence-corrected chi connectivity index (χ0v) is 10.4. The SMILES string of the molecule is CN(C)CCNC(=O)C1CCCCC1CO. The fraction of sp³-hybridized carbons (Fsp3) is 0.917. The molecule has 0 spiro atoms. The highest BCUT2D eigenvalue weighted by atomic mass is 16.3. The highest BCUT2D eigenvalue weighted by molar-refractivity contribution is 5.79. The molecule has 0 radical (unpaired) electrons. The summed E-state index contributed by atoms with van der Waals surface area (Å²) in [6.45, 7) is 1.70. The second kappa shape index (κ2) is 6.86. The van der Waals surface area contributed by atoms with Gasteiger partial charge in [-0.25, -0.2) is 0 Å². The van der Waals surface area contributed by atoms with E-state index in [2.05, 4.69) is 5.32 Å². The van der Waals surface area contributed by atoms with E-state index in [0.29, 0.717) is 6.54 Å². The van der Waals surface area contributed by atoms with Gasteiger partial charge in [0.2, 0.25) is 5.91 Å². The third-order valence-electron chi connectivity index (χ3n) is 3.34. The molecule has 2 unspecified atom stereocenters. The molecule has 2 atom stereocenters. The molecule has 1 aliphatic carbocycles. The minimum absolute atomic E-state index is 0.0286. The number of hydrogen-bond acceptors (Lipinski definition) is 3. The van der Waals surface area contributed by atoms with E-state index in [1.54, 1.807) is 0 Å². The van der Waals surface area contributed by atoms with Crippen LogP contribution in [0.4, 0.5) is 0 Å². The predicted molar refractivity (Wildman–Crippen MR) is 64.1 cm³/mol. The Morgan fingerprint density at radius 3 is 2.69 bits per heavy atom. The number of aliphatic hydroxyl groups excluding tert-OH is 1. The summed E-state index contributed by atoms with van der Waals surface area (Å²) in [7, 11) is 3.98. The van der Waals surface area contributed by atoms with Crippen molar-refractivity contribution >= 4 is 5.91 Å². The van der Waals surface area contributed by atoms with Crippen LogP contribution in [0, 0.1) is 11.8 Å². The molecule has 0 heterocycles. The summed E-state index contributed by atoms with van der Waals surface area (Å²) in [5, 5.41) is 12.2. The van der Waals surface area contributed by atoms with Gasteiger partial charge in [-0.1, -0.05) is 12.8 Å². The van der Waals surface area contributed by atoms with Gasteiger partial charge in [0, 0.05) is 25.6 Å². The summed E-state index contributed by atoms with van der Waals surface area (Å²) in [5.41, 5.74) is 0. The fourth-order valence-electron chi connectivity index (χ4n) is 2.31. The minimum Gasteiger partial charge on any atom is -0.396 e. The number of rotatable bonds is 5. The van der Waals surface area contributed by atoms with Crippen molar-refractivity contribution in [2.45, 2.75) is 25.7 Å². The maximum atomic E-state index is 11.9. The lowest BCUT2D eigenvalue weighted by atomic mass is 9.79. The molecule has 0 aromatic heterocycles. The lowest BCUT2D eigenvalue weighted by molar-refractivity contribution is -0.128. The fourth-order valence-corrected chi connectivity index (χ4v) is 2.31. The molecule has 1 rings (SSSR count). The molecule has 1 saturated carbocycles. The van der Waals surface area contributed by atoms with Crippen molar-refractivity contribution in [3.8, 4) is 0 Å². The number of amides is 1. The van der Waals surface area contributed by atoms with Crippen molar-refractivity contribution in [1.82, 2.24) is 10.2 Å². The van der Waals surface area contributed by atoms with Crippen molar-refractivity contribution in [2.24, 2.45) is 11.8 Å². The van der Waals surface area contributed by atoms with Crippen LogP contribution in [0.1, 0.15) is 25.7 Å². The zero-order valence-electron chi connectivity index (χ0n) is 10.4. The number of nitrogens with one attached hydrogen (secondary N) is 1. The van der Waals surface area contributed by atoms with Gasteiger partial charge in [0.25, 0.3) is 0 Å². The number of nitrogens with zero attached hydrogens (tertiary/aromatic N) is 1. The molecule has 1 fully saturated rings. The first-order valence-electron chi connectivity index (χ1n) is 6.18. The zero-order chi connectivity index (χ0) is 12.0. The summed E-state index contributed by atoms with van der Waals surface area (Å²) in [6.07, 6.45) is 4.18. The van der Waals surface area contributed by atoms with Gasteiger partial charge in [-0.3, -0.25) is 4.79 Å². The Morgan fingerprint density at radius 1 is 1.38 bits per heavy atom. The molecule has 2 N–H and O–H groups in total. The molecule has 4 heteroatoms. The maximum absolute atomic E-state index is 11.9. The van der Waals surface area contributed by atoms with Crippen LogP contribution in [0.5, 0.6) is 0 Å². The second-order valence-electron chi connectivity index (χ2n) is 4.93. The first kappa shape index (κ1) is 13.5. The van der Waals surface area contributed by atoms with E-state index >= 15 is 0 Å². The first-order chi connectivity index (χ1) is 7.65. The number of aliphatic hydroxyl groups is 1. The van der Waals surface area contributed by atoms with Crippen molar-refractivity contribution < 1.29 is 9.90 Å². The highest BCUT2D eigenvalue weighted by Gasteiger charge is 2.29. The standard InChI is InChI=1S/C12H24N2O2/c1-14(2)8-7-13-12(16)11-6-4-3-5-10(11)9-15/h10-11,15H,3-9H2,1-2H3,(H,13,16). The molecule has 0 aromatic carbocycles. The third-order valence-corrected chi connectivity index (χ3v) is 3.34. The molecular weight excluding hydrogens is 204 g/mol. The van der Waals surface area contributed by atoms with Gasteiger partial charge in [0.15, 0.2) is 0 Å². The molecule has 0 saturated heterocycles. The maximum Gasteiger partial charge on any atom is 0.223 e. The highest BCUT2D eigenvalue weighted by Crippen LogP contribution is 2.29. The second-order valence-corrected chi connectivity index (χ2v) is 4.93. The van der Waals surface area contributed by atoms with Gasteiger partial charge in [-0.05, 0) is 32.9 Å². The molecule has 0 aromatic rings. The summed E-state index contributed by atoms with van der Waals surface area (Å²) in [6, 6.07) is 0. The molecule has 1 aliphatic rings. The molecule has 1 amide bonds. The average molecular weight is 228 g/mol. The predicted octanol–water partition coefficient (Wildman–Crippen LogP) is 0.463. The van der Waals surface area contributed by atoms with E-state index in [-0.39, 0.29) is 24.3 Å². The van der Waals surface area contributed by atoms with E-state index in [0.717, 1.165) is 32.2 Å². The molecule has 0 aliphatic heterocycles. The van der Waals surface area contributed by atoms with E-state index < -0.39 is 0 Å². The van der Waals surface area contributed by atoms with Gasteiger partial charge in [-0.2, -0.15) is 0 Å². The summed E-state index contributed by atoms with van der Waals surface area (Å²) in [4.78, 5) is 14.0. The van der Waals surface area contributed by atoms with Crippen molar-refractivity contribution in [2.75, 3.05) is 33.8 Å². The van der Waals surface area contributed by atoms with Crippen LogP contribution in [0.25, 0.3) is 0 Å². The van der Waals surface area contributed by atoms with Crippen LogP contribution in [-0.2, 0) is 4.79 Å². The Hall–Kier alpha value is -0.610. The van der Waals surface area contributed by atoms with E-state index in [4.69, 9.17) is 0 Å². The smallest absolute Gasteiger partial charge is 0.223 e. The Morgan fingerprint density at radius 2 is 2.06 bits per heavy atom. The van der Waals surface area contributed by atoms with Gasteiger partial charge in [0.05, 0.1) is 0 Å². The minimum atomic E-state index is 0.0286. The van der Waals surface area contributed by atoms with Crippen LogP contribution in [-0.4, -0.2) is 49.7 Å². The molecule has 16 heavy (non-hydrogen) atoms. The van der Waals surface area contributed by atoms with Gasteiger partial charge in [0.1, 0.15) is 0 Å². The Kier molecular flexibility index (Phi) is 5.77. The van der Waals surface area contributed by atoms with Crippen LogP contribution >= 0.6 is 0 Å². The lowest BCUT2D eigenvalue weighted by Crippen LogP contribution is -2.40. The van der Waals surface area contributed by atoms with E-state index in [1.165, 1.54) is 0 Å². The Balaban J connectivity index is 2.33. The van der Waals surface area contributed by atoms with Crippen molar-refractivity contribution in [3.05, 3.63) is 0 Å². The number of likely N-dealkylation sites (N-methyl/N-ethyl adjacent to an activating group) is 1. The topological polar surface area (TPSA) is 52.6 Å². The number of carbonyl (C=O) groups excluding carboxylic acids is 1. The van der Waals surface area contributed by atoms with E-state index in [1.807, 2.05) is 19.0 Å². The normalized spacial score (nSPS) is 25.8. The van der Waals surface area contributed by atoms with Crippen LogP contribution < -0.4 is 5.32 Å². The summed E-state index contributed by atoms with van der Waals surface area (Å²) in [5.74, 6) is 0.328. The molecule has 94 valence electrons. The Labute approximate surface area is 98.0 Å². The average Bonchev–Trinajstić information content (AvgIpc) is 2.28. The number of hydrogen-bond donors (Lipinski definition) is 2. The van der Waals surface area contributed by atoms with Gasteiger partial charge in [-0.15, -0.1) is 0 Å². The quantitative estimate of drug-likeness (QED) is 0.719. The Bertz CT molecular complexity index is 219. The van der Waals surface area contributed by atoms with Gasteiger partial charge < -0.3 is 15.3 Å². The monoisotopic (exact) mass is 228 g/mol. The van der Waals surface area contributed by atoms with Gasteiger partial charge >= 0.3 is 0 Å². The lowest BCUT2D eigenvalue weighted by Gasteiger charge is -2.29. The van der Waals surface area contributed by atoms with Crippen LogP contribution in [0.15, 0.2) is 0 Å². The first-order valence-corrected chi connectivity index (χ1v) is 6.18. The largest absolute Gasteiger partial charge is 0.396 e. The molecule has 0 bridgehead atoms.